The molecule has 164 valence electrons. The minimum absolute atomic E-state index is 0. The highest BCUT2D eigenvalue weighted by Crippen LogP contribution is 2.24. The average molecular weight is 518 g/mol. The minimum Gasteiger partial charge on any atom is -0.488 e. The number of nitrogens with one attached hydrogen (secondary N) is 2. The van der Waals surface area contributed by atoms with E-state index in [1.807, 2.05) is 0 Å². The molecule has 29 heavy (non-hydrogen) atoms. The maximum absolute atomic E-state index is 6.19. The normalized spacial score (nSPS) is 20.2. The van der Waals surface area contributed by atoms with Crippen molar-refractivity contribution in [1.29, 1.82) is 0 Å². The number of rotatable bonds is 8. The van der Waals surface area contributed by atoms with E-state index in [2.05, 4.69) is 47.6 Å². The van der Waals surface area contributed by atoms with Gasteiger partial charge in [-0.1, -0.05) is 12.1 Å². The topological polar surface area (TPSA) is 67.4 Å². The zero-order valence-corrected chi connectivity index (χ0v) is 19.9. The second-order valence-electron chi connectivity index (χ2n) is 7.29. The van der Waals surface area contributed by atoms with Gasteiger partial charge in [0.05, 0.1) is 33.0 Å². The Labute approximate surface area is 191 Å². The van der Waals surface area contributed by atoms with Crippen LogP contribution in [0.2, 0.25) is 0 Å². The average Bonchev–Trinajstić information content (AvgIpc) is 3.21. The van der Waals surface area contributed by atoms with Crippen LogP contribution in [0, 0.1) is 6.92 Å². The van der Waals surface area contributed by atoms with Gasteiger partial charge in [-0.25, -0.2) is 4.99 Å². The van der Waals surface area contributed by atoms with Gasteiger partial charge in [-0.3, -0.25) is 4.90 Å². The van der Waals surface area contributed by atoms with Gasteiger partial charge in [0, 0.05) is 44.7 Å². The lowest BCUT2D eigenvalue weighted by Gasteiger charge is -2.26. The van der Waals surface area contributed by atoms with Crippen LogP contribution in [-0.2, 0) is 16.0 Å². The number of aliphatic imine (C=N–C) groups is 1. The third kappa shape index (κ3) is 8.27. The van der Waals surface area contributed by atoms with Crippen LogP contribution >= 0.6 is 24.0 Å². The second kappa shape index (κ2) is 13.3. The first-order valence-corrected chi connectivity index (χ1v) is 10.4. The molecule has 2 heterocycles. The van der Waals surface area contributed by atoms with Crippen molar-refractivity contribution in [3.05, 3.63) is 29.3 Å². The molecule has 2 fully saturated rings. The fraction of sp³-hybridized carbons (Fsp3) is 0.667. The smallest absolute Gasteiger partial charge is 0.191 e. The highest BCUT2D eigenvalue weighted by molar-refractivity contribution is 14.0. The Kier molecular flexibility index (Phi) is 11.0. The van der Waals surface area contributed by atoms with E-state index in [0.717, 1.165) is 76.2 Å². The van der Waals surface area contributed by atoms with Crippen molar-refractivity contribution >= 4 is 29.9 Å². The van der Waals surface area contributed by atoms with Gasteiger partial charge < -0.3 is 24.8 Å². The summed E-state index contributed by atoms with van der Waals surface area (Å²) in [6.45, 7) is 12.6. The summed E-state index contributed by atoms with van der Waals surface area (Å²) in [6.07, 6.45) is 1.09. The highest BCUT2D eigenvalue weighted by Gasteiger charge is 2.18. The fourth-order valence-electron chi connectivity index (χ4n) is 3.35. The molecule has 7 nitrogen and oxygen atoms in total. The van der Waals surface area contributed by atoms with Crippen molar-refractivity contribution < 1.29 is 14.2 Å². The maximum Gasteiger partial charge on any atom is 0.191 e. The first-order chi connectivity index (χ1) is 13.7. The van der Waals surface area contributed by atoms with Gasteiger partial charge in [0.1, 0.15) is 11.9 Å². The van der Waals surface area contributed by atoms with Gasteiger partial charge in [-0.15, -0.1) is 24.0 Å². The van der Waals surface area contributed by atoms with Crippen LogP contribution in [0.25, 0.3) is 0 Å². The molecule has 0 radical (unpaired) electrons. The number of hydrogen-bond donors (Lipinski definition) is 2. The SMILES string of the molecule is CCNC(=NCc1ccc(C)cc1OC1CCOC1)NCCN1CCOCC1.I. The molecule has 8 heteroatoms. The summed E-state index contributed by atoms with van der Waals surface area (Å²) >= 11 is 0. The zero-order valence-electron chi connectivity index (χ0n) is 17.6. The predicted octanol–water partition coefficient (Wildman–Crippen LogP) is 2.17. The molecule has 2 N–H and O–H groups in total. The van der Waals surface area contributed by atoms with Gasteiger partial charge in [-0.05, 0) is 25.5 Å². The molecule has 1 unspecified atom stereocenters. The van der Waals surface area contributed by atoms with Crippen LogP contribution in [0.15, 0.2) is 23.2 Å². The molecule has 2 aliphatic heterocycles. The monoisotopic (exact) mass is 518 g/mol. The van der Waals surface area contributed by atoms with Gasteiger partial charge in [-0.2, -0.15) is 0 Å². The molecule has 1 aromatic rings. The Balaban J connectivity index is 0.00000300. The van der Waals surface area contributed by atoms with E-state index in [1.54, 1.807) is 0 Å². The largest absolute Gasteiger partial charge is 0.488 e. The number of nitrogens with zero attached hydrogens (tertiary/aromatic N) is 2. The molecule has 2 aliphatic rings. The predicted molar refractivity (Wildman–Crippen MR) is 127 cm³/mol. The zero-order chi connectivity index (χ0) is 19.6. The van der Waals surface area contributed by atoms with E-state index < -0.39 is 0 Å². The fourth-order valence-corrected chi connectivity index (χ4v) is 3.35. The summed E-state index contributed by atoms with van der Waals surface area (Å²) in [6, 6.07) is 6.32. The number of benzene rings is 1. The van der Waals surface area contributed by atoms with Gasteiger partial charge in [0.2, 0.25) is 0 Å². The summed E-state index contributed by atoms with van der Waals surface area (Å²) in [5, 5.41) is 6.77. The summed E-state index contributed by atoms with van der Waals surface area (Å²) in [5.41, 5.74) is 2.29. The molecule has 0 saturated carbocycles. The minimum atomic E-state index is 0. The molecule has 0 aromatic heterocycles. The molecule has 1 aromatic carbocycles. The van der Waals surface area contributed by atoms with Crippen molar-refractivity contribution in [2.24, 2.45) is 4.99 Å². The van der Waals surface area contributed by atoms with Crippen LogP contribution in [0.1, 0.15) is 24.5 Å². The quantitative estimate of drug-likeness (QED) is 0.313. The van der Waals surface area contributed by atoms with E-state index in [9.17, 15) is 0 Å². The number of ether oxygens (including phenoxy) is 3. The molecule has 2 saturated heterocycles. The summed E-state index contributed by atoms with van der Waals surface area (Å²) in [4.78, 5) is 7.18. The van der Waals surface area contributed by atoms with Crippen molar-refractivity contribution in [2.75, 3.05) is 59.2 Å². The standard InChI is InChI=1S/C21H34N4O3.HI/c1-3-22-21(23-7-8-25-9-12-26-13-10-25)24-15-18-5-4-17(2)14-20(18)28-19-6-11-27-16-19;/h4-5,14,19H,3,6-13,15-16H2,1-2H3,(H2,22,23,24);1H. The molecule has 0 bridgehead atoms. The Bertz CT molecular complexity index is 632. The lowest BCUT2D eigenvalue weighted by molar-refractivity contribution is 0.0389. The molecular weight excluding hydrogens is 483 g/mol. The molecule has 1 atom stereocenters. The lowest BCUT2D eigenvalue weighted by atomic mass is 10.1. The molecule has 0 amide bonds. The second-order valence-corrected chi connectivity index (χ2v) is 7.29. The van der Waals surface area contributed by atoms with E-state index in [-0.39, 0.29) is 30.1 Å². The number of aryl methyl sites for hydroxylation is 1. The number of guanidine groups is 1. The third-order valence-electron chi connectivity index (χ3n) is 4.98. The number of hydrogen-bond acceptors (Lipinski definition) is 5. The molecule has 3 rings (SSSR count). The van der Waals surface area contributed by atoms with Crippen LogP contribution < -0.4 is 15.4 Å². The Hall–Kier alpha value is -1.10. The van der Waals surface area contributed by atoms with Crippen LogP contribution in [0.5, 0.6) is 5.75 Å². The first kappa shape index (κ1) is 24.2. The van der Waals surface area contributed by atoms with Gasteiger partial charge in [0.15, 0.2) is 5.96 Å². The molecule has 0 spiro atoms. The van der Waals surface area contributed by atoms with Crippen molar-refractivity contribution in [3.8, 4) is 5.75 Å². The van der Waals surface area contributed by atoms with Crippen molar-refractivity contribution in [2.45, 2.75) is 32.9 Å². The van der Waals surface area contributed by atoms with E-state index in [4.69, 9.17) is 19.2 Å². The first-order valence-electron chi connectivity index (χ1n) is 10.4. The maximum atomic E-state index is 6.19. The van der Waals surface area contributed by atoms with E-state index in [1.165, 1.54) is 5.56 Å². The summed E-state index contributed by atoms with van der Waals surface area (Å²) < 4.78 is 17.0. The van der Waals surface area contributed by atoms with Crippen molar-refractivity contribution in [1.82, 2.24) is 15.5 Å². The Morgan fingerprint density at radius 1 is 1.21 bits per heavy atom. The highest BCUT2D eigenvalue weighted by atomic mass is 127. The molecule has 0 aliphatic carbocycles. The lowest BCUT2D eigenvalue weighted by Crippen LogP contribution is -2.44. The molecular formula is C21H35IN4O3. The van der Waals surface area contributed by atoms with Crippen LogP contribution in [0.4, 0.5) is 0 Å². The van der Waals surface area contributed by atoms with E-state index >= 15 is 0 Å². The summed E-state index contributed by atoms with van der Waals surface area (Å²) in [7, 11) is 0. The third-order valence-corrected chi connectivity index (χ3v) is 4.98. The van der Waals surface area contributed by atoms with E-state index in [0.29, 0.717) is 13.2 Å². The summed E-state index contributed by atoms with van der Waals surface area (Å²) in [5.74, 6) is 1.76. The van der Waals surface area contributed by atoms with Gasteiger partial charge >= 0.3 is 0 Å². The Morgan fingerprint density at radius 3 is 2.76 bits per heavy atom. The van der Waals surface area contributed by atoms with Crippen molar-refractivity contribution in [3.63, 3.8) is 0 Å². The van der Waals surface area contributed by atoms with Crippen LogP contribution in [-0.4, -0.2) is 76.1 Å². The van der Waals surface area contributed by atoms with Crippen LogP contribution in [0.3, 0.4) is 0 Å². The van der Waals surface area contributed by atoms with Gasteiger partial charge in [0.25, 0.3) is 0 Å². The Morgan fingerprint density at radius 2 is 2.03 bits per heavy atom. The number of halogens is 1. The number of morpholine rings is 1.